The Labute approximate surface area is 111 Å². The van der Waals surface area contributed by atoms with Crippen LogP contribution >= 0.6 is 11.8 Å². The summed E-state index contributed by atoms with van der Waals surface area (Å²) in [6, 6.07) is 3.64. The Hall–Kier alpha value is -1.70. The molecule has 2 N–H and O–H groups in total. The molecule has 1 aromatic carbocycles. The van der Waals surface area contributed by atoms with E-state index in [0.29, 0.717) is 0 Å². The van der Waals surface area contributed by atoms with Crippen LogP contribution in [0.5, 0.6) is 0 Å². The summed E-state index contributed by atoms with van der Waals surface area (Å²) in [5.74, 6) is -1.85. The van der Waals surface area contributed by atoms with E-state index < -0.39 is 23.4 Å². The maximum absolute atomic E-state index is 12.1. The van der Waals surface area contributed by atoms with Gasteiger partial charge in [0.15, 0.2) is 0 Å². The highest BCUT2D eigenvalue weighted by Crippen LogP contribution is 2.36. The van der Waals surface area contributed by atoms with Crippen molar-refractivity contribution in [1.82, 2.24) is 5.32 Å². The SMILES string of the molecule is CC(NC(=O)c1ccc(SC(F)(F)F)cc1)C(=O)O. The fourth-order valence-electron chi connectivity index (χ4n) is 1.15. The number of aliphatic carboxylic acids is 1. The lowest BCUT2D eigenvalue weighted by Crippen LogP contribution is -2.38. The number of benzene rings is 1. The lowest BCUT2D eigenvalue weighted by molar-refractivity contribution is -0.138. The first-order valence-electron chi connectivity index (χ1n) is 5.08. The van der Waals surface area contributed by atoms with Crippen LogP contribution in [0.15, 0.2) is 29.2 Å². The number of carboxylic acids is 1. The molecule has 0 heterocycles. The van der Waals surface area contributed by atoms with Crippen LogP contribution in [0.4, 0.5) is 13.2 Å². The molecule has 0 fully saturated rings. The topological polar surface area (TPSA) is 66.4 Å². The standard InChI is InChI=1S/C11H10F3NO3S/c1-6(10(17)18)15-9(16)7-2-4-8(5-3-7)19-11(12,13)14/h2-6H,1H3,(H,15,16)(H,17,18). The number of carbonyl (C=O) groups is 2. The van der Waals surface area contributed by atoms with E-state index in [1.54, 1.807) is 0 Å². The minimum atomic E-state index is -4.39. The first kappa shape index (κ1) is 15.4. The van der Waals surface area contributed by atoms with Crippen LogP contribution in [0.2, 0.25) is 0 Å². The van der Waals surface area contributed by atoms with Gasteiger partial charge in [0.1, 0.15) is 6.04 Å². The Balaban J connectivity index is 2.71. The van der Waals surface area contributed by atoms with Gasteiger partial charge in [0.2, 0.25) is 0 Å². The highest BCUT2D eigenvalue weighted by Gasteiger charge is 2.29. The highest BCUT2D eigenvalue weighted by molar-refractivity contribution is 8.00. The summed E-state index contributed by atoms with van der Waals surface area (Å²) in [6.45, 7) is 1.29. The van der Waals surface area contributed by atoms with E-state index in [1.165, 1.54) is 19.1 Å². The maximum atomic E-state index is 12.1. The molecular formula is C11H10F3NO3S. The molecule has 1 rings (SSSR count). The third-order valence-electron chi connectivity index (χ3n) is 2.07. The molecule has 19 heavy (non-hydrogen) atoms. The van der Waals surface area contributed by atoms with Crippen LogP contribution in [0, 0.1) is 0 Å². The summed E-state index contributed by atoms with van der Waals surface area (Å²) in [5.41, 5.74) is -4.29. The van der Waals surface area contributed by atoms with E-state index in [0.717, 1.165) is 12.1 Å². The minimum absolute atomic E-state index is 0.0460. The number of amides is 1. The molecule has 104 valence electrons. The first-order chi connectivity index (χ1) is 8.69. The Morgan fingerprint density at radius 2 is 1.79 bits per heavy atom. The van der Waals surface area contributed by atoms with Crippen LogP contribution in [0.3, 0.4) is 0 Å². The van der Waals surface area contributed by atoms with Crippen molar-refractivity contribution in [2.45, 2.75) is 23.4 Å². The summed E-state index contributed by atoms with van der Waals surface area (Å²) in [5, 5.41) is 10.8. The Morgan fingerprint density at radius 3 is 2.21 bits per heavy atom. The molecule has 0 aliphatic heterocycles. The molecule has 0 aliphatic rings. The molecule has 8 heteroatoms. The lowest BCUT2D eigenvalue weighted by Gasteiger charge is -2.10. The van der Waals surface area contributed by atoms with Crippen molar-refractivity contribution in [2.75, 3.05) is 0 Å². The Morgan fingerprint density at radius 1 is 1.26 bits per heavy atom. The van der Waals surface area contributed by atoms with Crippen molar-refractivity contribution in [3.8, 4) is 0 Å². The van der Waals surface area contributed by atoms with Gasteiger partial charge in [-0.15, -0.1) is 0 Å². The van der Waals surface area contributed by atoms with E-state index in [-0.39, 0.29) is 22.2 Å². The fraction of sp³-hybridized carbons (Fsp3) is 0.273. The number of hydrogen-bond acceptors (Lipinski definition) is 3. The number of nitrogens with one attached hydrogen (secondary N) is 1. The van der Waals surface area contributed by atoms with E-state index in [9.17, 15) is 22.8 Å². The number of thioether (sulfide) groups is 1. The molecule has 1 aromatic rings. The molecule has 0 saturated heterocycles. The van der Waals surface area contributed by atoms with Gasteiger partial charge in [-0.2, -0.15) is 13.2 Å². The molecule has 0 aromatic heterocycles. The normalized spacial score (nSPS) is 12.8. The Kier molecular flexibility index (Phi) is 4.82. The third kappa shape index (κ3) is 5.21. The zero-order chi connectivity index (χ0) is 14.6. The summed E-state index contributed by atoms with van der Waals surface area (Å²) in [7, 11) is 0. The number of carboxylic acid groups (broad SMARTS) is 1. The summed E-state index contributed by atoms with van der Waals surface area (Å²) in [6.07, 6.45) is 0. The van der Waals surface area contributed by atoms with Crippen molar-refractivity contribution in [1.29, 1.82) is 0 Å². The van der Waals surface area contributed by atoms with Crippen LogP contribution in [0.1, 0.15) is 17.3 Å². The molecule has 0 saturated carbocycles. The van der Waals surface area contributed by atoms with E-state index >= 15 is 0 Å². The number of carbonyl (C=O) groups excluding carboxylic acids is 1. The molecule has 0 radical (unpaired) electrons. The Bertz CT molecular complexity index is 473. The third-order valence-corrected chi connectivity index (χ3v) is 2.81. The predicted molar refractivity (Wildman–Crippen MR) is 62.9 cm³/mol. The molecule has 1 atom stereocenters. The number of alkyl halides is 3. The molecule has 1 amide bonds. The van der Waals surface area contributed by atoms with Crippen LogP contribution in [-0.4, -0.2) is 28.5 Å². The zero-order valence-corrected chi connectivity index (χ0v) is 10.5. The summed E-state index contributed by atoms with van der Waals surface area (Å²) < 4.78 is 36.2. The van der Waals surface area contributed by atoms with Gasteiger partial charge in [0.05, 0.1) is 0 Å². The van der Waals surface area contributed by atoms with Crippen LogP contribution in [0.25, 0.3) is 0 Å². The molecule has 1 unspecified atom stereocenters. The average molecular weight is 293 g/mol. The van der Waals surface area contributed by atoms with Gasteiger partial charge in [-0.25, -0.2) is 0 Å². The molecular weight excluding hydrogens is 283 g/mol. The van der Waals surface area contributed by atoms with Crippen molar-refractivity contribution < 1.29 is 27.9 Å². The van der Waals surface area contributed by atoms with E-state index in [2.05, 4.69) is 5.32 Å². The van der Waals surface area contributed by atoms with Gasteiger partial charge in [-0.05, 0) is 43.0 Å². The molecule has 0 spiro atoms. The minimum Gasteiger partial charge on any atom is -0.480 e. The van der Waals surface area contributed by atoms with Gasteiger partial charge < -0.3 is 10.4 Å². The average Bonchev–Trinajstić information content (AvgIpc) is 2.27. The van der Waals surface area contributed by atoms with E-state index in [1.807, 2.05) is 0 Å². The summed E-state index contributed by atoms with van der Waals surface area (Å²) in [4.78, 5) is 22.0. The monoisotopic (exact) mass is 293 g/mol. The second-order valence-electron chi connectivity index (χ2n) is 3.61. The van der Waals surface area contributed by atoms with Crippen molar-refractivity contribution in [3.05, 3.63) is 29.8 Å². The second-order valence-corrected chi connectivity index (χ2v) is 4.74. The van der Waals surface area contributed by atoms with Gasteiger partial charge >= 0.3 is 11.5 Å². The summed E-state index contributed by atoms with van der Waals surface area (Å²) >= 11 is -0.286. The smallest absolute Gasteiger partial charge is 0.446 e. The van der Waals surface area contributed by atoms with Gasteiger partial charge in [-0.1, -0.05) is 0 Å². The lowest BCUT2D eigenvalue weighted by atomic mass is 10.2. The van der Waals surface area contributed by atoms with Crippen LogP contribution < -0.4 is 5.32 Å². The van der Waals surface area contributed by atoms with E-state index in [4.69, 9.17) is 5.11 Å². The first-order valence-corrected chi connectivity index (χ1v) is 5.90. The van der Waals surface area contributed by atoms with Crippen molar-refractivity contribution in [3.63, 3.8) is 0 Å². The maximum Gasteiger partial charge on any atom is 0.446 e. The molecule has 0 bridgehead atoms. The molecule has 4 nitrogen and oxygen atoms in total. The van der Waals surface area contributed by atoms with Gasteiger partial charge in [-0.3, -0.25) is 9.59 Å². The number of rotatable bonds is 4. The number of hydrogen-bond donors (Lipinski definition) is 2. The van der Waals surface area contributed by atoms with Crippen molar-refractivity contribution >= 4 is 23.6 Å². The number of halogens is 3. The fourth-order valence-corrected chi connectivity index (χ4v) is 1.69. The highest BCUT2D eigenvalue weighted by atomic mass is 32.2. The predicted octanol–water partition coefficient (Wildman–Crippen LogP) is 2.50. The van der Waals surface area contributed by atoms with Gasteiger partial charge in [0, 0.05) is 10.5 Å². The second kappa shape index (κ2) is 5.96. The molecule has 0 aliphatic carbocycles. The zero-order valence-electron chi connectivity index (χ0n) is 9.69. The van der Waals surface area contributed by atoms with Crippen molar-refractivity contribution in [2.24, 2.45) is 0 Å². The van der Waals surface area contributed by atoms with Crippen LogP contribution in [-0.2, 0) is 4.79 Å². The van der Waals surface area contributed by atoms with Gasteiger partial charge in [0.25, 0.3) is 5.91 Å². The quantitative estimate of drug-likeness (QED) is 0.837. The largest absolute Gasteiger partial charge is 0.480 e.